The summed E-state index contributed by atoms with van der Waals surface area (Å²) in [5.41, 5.74) is 1.90. The van der Waals surface area contributed by atoms with Crippen molar-refractivity contribution in [1.29, 1.82) is 0 Å². The van der Waals surface area contributed by atoms with E-state index in [0.717, 1.165) is 36.6 Å². The van der Waals surface area contributed by atoms with E-state index < -0.39 is 0 Å². The molecule has 0 aliphatic heterocycles. The Hall–Kier alpha value is -0.600. The number of alkyl halides is 1. The largest absolute Gasteiger partial charge is 0.846 e. The normalized spacial score (nSPS) is 24.4. The number of aryl methyl sites for hydroxylation is 1. The van der Waals surface area contributed by atoms with Gasteiger partial charge in [-0.1, -0.05) is 57.9 Å². The minimum atomic E-state index is -0.220. The maximum absolute atomic E-state index is 12.6. The minimum Gasteiger partial charge on any atom is -0.846 e. The second-order valence-electron chi connectivity index (χ2n) is 4.73. The van der Waals surface area contributed by atoms with Crippen molar-refractivity contribution >= 4 is 15.9 Å². The highest BCUT2D eigenvalue weighted by molar-refractivity contribution is 9.09. The van der Waals surface area contributed by atoms with Crippen molar-refractivity contribution in [2.24, 2.45) is 5.41 Å². The van der Waals surface area contributed by atoms with Gasteiger partial charge in [0, 0.05) is 5.33 Å². The first-order chi connectivity index (χ1) is 8.23. The van der Waals surface area contributed by atoms with E-state index >= 15 is 0 Å². The molecule has 1 aliphatic carbocycles. The molecule has 1 atom stereocenters. The molecule has 1 radical (unpaired) electrons. The van der Waals surface area contributed by atoms with Gasteiger partial charge in [0.2, 0.25) is 0 Å². The van der Waals surface area contributed by atoms with Crippen LogP contribution in [0.3, 0.4) is 0 Å². The highest BCUT2D eigenvalue weighted by Crippen LogP contribution is 2.46. The molecule has 1 aromatic carbocycles. The van der Waals surface area contributed by atoms with Crippen LogP contribution in [0, 0.1) is 11.5 Å². The number of benzene rings is 1. The molecule has 0 bridgehead atoms. The third-order valence-corrected chi connectivity index (χ3v) is 4.77. The molecule has 0 amide bonds. The van der Waals surface area contributed by atoms with Crippen LogP contribution in [0.1, 0.15) is 30.4 Å². The van der Waals surface area contributed by atoms with E-state index in [9.17, 15) is 5.11 Å². The summed E-state index contributed by atoms with van der Waals surface area (Å²) in [6.07, 6.45) is 5.96. The number of allylic oxidation sites excluding steroid dienone is 1. The number of fused-ring (bicyclic) bond motifs is 1. The Bertz CT molecular complexity index is 402. The molecule has 0 saturated heterocycles. The molecule has 2 heteroatoms. The highest BCUT2D eigenvalue weighted by atomic mass is 79.9. The van der Waals surface area contributed by atoms with Crippen LogP contribution in [0.25, 0.3) is 0 Å². The van der Waals surface area contributed by atoms with Crippen LogP contribution >= 0.6 is 15.9 Å². The van der Waals surface area contributed by atoms with Gasteiger partial charge in [-0.05, 0) is 36.7 Å². The molecule has 0 aromatic heterocycles. The molecular weight excluding hydrogens is 276 g/mol. The summed E-state index contributed by atoms with van der Waals surface area (Å²) in [6.45, 7) is 3.75. The van der Waals surface area contributed by atoms with E-state index in [1.165, 1.54) is 5.56 Å². The zero-order valence-electron chi connectivity index (χ0n) is 9.92. The fourth-order valence-corrected chi connectivity index (χ4v) is 3.36. The van der Waals surface area contributed by atoms with E-state index in [4.69, 9.17) is 0 Å². The predicted octanol–water partition coefficient (Wildman–Crippen LogP) is 3.22. The zero-order valence-corrected chi connectivity index (χ0v) is 11.5. The third kappa shape index (κ3) is 2.34. The Labute approximate surface area is 112 Å². The van der Waals surface area contributed by atoms with Crippen molar-refractivity contribution in [1.82, 2.24) is 0 Å². The number of rotatable bonds is 4. The lowest BCUT2D eigenvalue weighted by molar-refractivity contribution is -0.368. The molecule has 0 fully saturated rings. The van der Waals surface area contributed by atoms with Crippen molar-refractivity contribution in [2.45, 2.75) is 25.7 Å². The Morgan fingerprint density at radius 2 is 2.18 bits per heavy atom. The van der Waals surface area contributed by atoms with Crippen LogP contribution < -0.4 is 5.11 Å². The molecule has 1 aromatic rings. The van der Waals surface area contributed by atoms with E-state index in [1.54, 1.807) is 0 Å². The second-order valence-corrected chi connectivity index (χ2v) is 5.29. The van der Waals surface area contributed by atoms with Crippen molar-refractivity contribution in [2.75, 3.05) is 5.33 Å². The Kier molecular flexibility index (Phi) is 4.05. The third-order valence-electron chi connectivity index (χ3n) is 3.70. The highest BCUT2D eigenvalue weighted by Gasteiger charge is 2.35. The number of halogens is 1. The summed E-state index contributed by atoms with van der Waals surface area (Å²) >= 11 is 3.54. The number of hydrogen-bond acceptors (Lipinski definition) is 1. The van der Waals surface area contributed by atoms with Gasteiger partial charge in [0.05, 0.1) is 0 Å². The molecule has 1 nitrogen and oxygen atoms in total. The van der Waals surface area contributed by atoms with E-state index in [1.807, 2.05) is 24.3 Å². The van der Waals surface area contributed by atoms with Crippen molar-refractivity contribution in [3.05, 3.63) is 54.2 Å². The summed E-state index contributed by atoms with van der Waals surface area (Å²) in [5, 5.41) is 13.4. The van der Waals surface area contributed by atoms with Crippen LogP contribution in [-0.4, -0.2) is 5.33 Å². The first-order valence-corrected chi connectivity index (χ1v) is 7.15. The van der Waals surface area contributed by atoms with Gasteiger partial charge in [-0.15, -0.1) is 6.58 Å². The van der Waals surface area contributed by atoms with Crippen molar-refractivity contribution in [3.8, 4) is 0 Å². The van der Waals surface area contributed by atoms with Gasteiger partial charge >= 0.3 is 0 Å². The van der Waals surface area contributed by atoms with Crippen LogP contribution in [0.5, 0.6) is 0 Å². The molecule has 1 unspecified atom stereocenters. The van der Waals surface area contributed by atoms with Gasteiger partial charge in [-0.2, -0.15) is 0 Å². The monoisotopic (exact) mass is 292 g/mol. The molecule has 2 rings (SSSR count). The lowest BCUT2D eigenvalue weighted by Gasteiger charge is -2.48. The van der Waals surface area contributed by atoms with Gasteiger partial charge in [-0.3, -0.25) is 0 Å². The summed E-state index contributed by atoms with van der Waals surface area (Å²) in [7, 11) is 0. The van der Waals surface area contributed by atoms with Crippen LogP contribution in [0.2, 0.25) is 0 Å². The molecular formula is C15H17BrO-. The first kappa shape index (κ1) is 12.8. The Balaban J connectivity index is 2.30. The molecule has 1 aliphatic rings. The molecule has 0 spiro atoms. The fraction of sp³-hybridized carbons (Fsp3) is 0.400. The maximum atomic E-state index is 12.6. The molecule has 91 valence electrons. The smallest absolute Gasteiger partial charge is 0.00834 e. The summed E-state index contributed by atoms with van der Waals surface area (Å²) < 4.78 is 0. The Morgan fingerprint density at radius 3 is 2.88 bits per heavy atom. The summed E-state index contributed by atoms with van der Waals surface area (Å²) in [4.78, 5) is 0. The van der Waals surface area contributed by atoms with Gasteiger partial charge in [0.1, 0.15) is 0 Å². The van der Waals surface area contributed by atoms with Gasteiger partial charge in [0.15, 0.2) is 0 Å². The molecule has 0 saturated carbocycles. The van der Waals surface area contributed by atoms with E-state index in [-0.39, 0.29) is 5.41 Å². The van der Waals surface area contributed by atoms with Gasteiger partial charge < -0.3 is 5.11 Å². The second kappa shape index (κ2) is 5.36. The molecule has 0 heterocycles. The van der Waals surface area contributed by atoms with Crippen LogP contribution in [0.4, 0.5) is 0 Å². The average Bonchev–Trinajstić information content (AvgIpc) is 2.39. The molecule has 0 N–H and O–H groups in total. The van der Waals surface area contributed by atoms with Gasteiger partial charge in [-0.25, -0.2) is 0 Å². The van der Waals surface area contributed by atoms with E-state index in [2.05, 4.69) is 28.6 Å². The SMILES string of the molecule is C=CCCC1(CBr)CCc2ccccc2[C]1[O-]. The maximum Gasteiger partial charge on any atom is 0.00834 e. The van der Waals surface area contributed by atoms with Gasteiger partial charge in [0.25, 0.3) is 0 Å². The van der Waals surface area contributed by atoms with Crippen molar-refractivity contribution in [3.63, 3.8) is 0 Å². The molecule has 17 heavy (non-hydrogen) atoms. The Morgan fingerprint density at radius 1 is 1.41 bits per heavy atom. The lowest BCUT2D eigenvalue weighted by atomic mass is 9.68. The summed E-state index contributed by atoms with van der Waals surface area (Å²) in [6, 6.07) is 7.99. The van der Waals surface area contributed by atoms with Crippen LogP contribution in [0.15, 0.2) is 36.9 Å². The summed E-state index contributed by atoms with van der Waals surface area (Å²) in [5.74, 6) is 0. The lowest BCUT2D eigenvalue weighted by Crippen LogP contribution is -2.43. The van der Waals surface area contributed by atoms with Crippen molar-refractivity contribution < 1.29 is 5.11 Å². The zero-order chi connectivity index (χ0) is 12.3. The first-order valence-electron chi connectivity index (χ1n) is 6.03. The minimum absolute atomic E-state index is 0.220. The quantitative estimate of drug-likeness (QED) is 0.617. The topological polar surface area (TPSA) is 23.1 Å². The predicted molar refractivity (Wildman–Crippen MR) is 72.8 cm³/mol. The standard InChI is InChI=1S/C15H17BrO/c1-2-3-9-15(11-16)10-8-12-6-4-5-7-13(12)14(15)17/h2,4-7H,1,3,8-11H2/q-1. The van der Waals surface area contributed by atoms with E-state index in [0.29, 0.717) is 6.10 Å². The number of hydrogen-bond donors (Lipinski definition) is 0. The average molecular weight is 293 g/mol. The van der Waals surface area contributed by atoms with Crippen LogP contribution in [-0.2, 0) is 6.42 Å². The fourth-order valence-electron chi connectivity index (χ4n) is 2.54.